The Balaban J connectivity index is 1.73. The van der Waals surface area contributed by atoms with E-state index < -0.39 is 0 Å². The third-order valence-corrected chi connectivity index (χ3v) is 3.52. The van der Waals surface area contributed by atoms with Crippen molar-refractivity contribution >= 4 is 11.6 Å². The maximum atomic E-state index is 12.0. The van der Waals surface area contributed by atoms with Crippen molar-refractivity contribution in [2.75, 3.05) is 25.5 Å². The number of nitrogens with zero attached hydrogens (tertiary/aromatic N) is 1. The number of carbonyl (C=O) groups excluding carboxylic acids is 1. The van der Waals surface area contributed by atoms with Crippen LogP contribution in [-0.4, -0.2) is 31.0 Å². The molecule has 0 aromatic heterocycles. The van der Waals surface area contributed by atoms with Crippen molar-refractivity contribution in [2.24, 2.45) is 0 Å². The van der Waals surface area contributed by atoms with Crippen molar-refractivity contribution in [3.63, 3.8) is 0 Å². The van der Waals surface area contributed by atoms with Crippen molar-refractivity contribution in [1.82, 2.24) is 4.90 Å². The van der Waals surface area contributed by atoms with Crippen molar-refractivity contribution in [2.45, 2.75) is 13.0 Å². The molecule has 0 saturated heterocycles. The van der Waals surface area contributed by atoms with Crippen LogP contribution in [0.15, 0.2) is 67.3 Å². The zero-order valence-corrected chi connectivity index (χ0v) is 14.1. The van der Waals surface area contributed by atoms with E-state index in [1.165, 1.54) is 5.56 Å². The summed E-state index contributed by atoms with van der Waals surface area (Å²) in [6.45, 7) is 5.63. The smallest absolute Gasteiger partial charge is 0.225 e. The quantitative estimate of drug-likeness (QED) is 0.715. The number of para-hydroxylation sites is 1. The molecule has 0 aliphatic rings. The van der Waals surface area contributed by atoms with Crippen molar-refractivity contribution in [1.29, 1.82) is 0 Å². The lowest BCUT2D eigenvalue weighted by Crippen LogP contribution is -2.24. The third kappa shape index (κ3) is 6.26. The summed E-state index contributed by atoms with van der Waals surface area (Å²) in [5.41, 5.74) is 2.02. The van der Waals surface area contributed by atoms with Crippen LogP contribution in [0.4, 0.5) is 5.69 Å². The minimum absolute atomic E-state index is 0.0289. The van der Waals surface area contributed by atoms with E-state index >= 15 is 0 Å². The molecule has 1 amide bonds. The fourth-order valence-electron chi connectivity index (χ4n) is 2.27. The van der Waals surface area contributed by atoms with Gasteiger partial charge in [-0.1, -0.05) is 43.0 Å². The number of hydrogen-bond donors (Lipinski definition) is 1. The van der Waals surface area contributed by atoms with Crippen LogP contribution in [0.3, 0.4) is 0 Å². The fraction of sp³-hybridized carbons (Fsp3) is 0.250. The van der Waals surface area contributed by atoms with Crippen molar-refractivity contribution in [3.05, 3.63) is 72.8 Å². The number of carbonyl (C=O) groups is 1. The summed E-state index contributed by atoms with van der Waals surface area (Å²) in [7, 11) is 2.01. The highest BCUT2D eigenvalue weighted by Crippen LogP contribution is 2.13. The Bertz CT molecular complexity index is 638. The topological polar surface area (TPSA) is 41.6 Å². The van der Waals surface area contributed by atoms with Gasteiger partial charge >= 0.3 is 0 Å². The molecule has 24 heavy (non-hydrogen) atoms. The summed E-state index contributed by atoms with van der Waals surface area (Å²) in [4.78, 5) is 14.1. The lowest BCUT2D eigenvalue weighted by Gasteiger charge is -2.16. The minimum Gasteiger partial charge on any atom is -0.490 e. The second kappa shape index (κ2) is 9.53. The number of anilines is 1. The highest BCUT2D eigenvalue weighted by Gasteiger charge is 2.06. The summed E-state index contributed by atoms with van der Waals surface area (Å²) in [6, 6.07) is 17.5. The summed E-state index contributed by atoms with van der Waals surface area (Å²) >= 11 is 0. The van der Waals surface area contributed by atoms with Crippen LogP contribution < -0.4 is 10.1 Å². The van der Waals surface area contributed by atoms with Crippen LogP contribution in [0.1, 0.15) is 12.0 Å². The summed E-state index contributed by atoms with van der Waals surface area (Å²) in [5.74, 6) is 0.866. The Kier molecular flexibility index (Phi) is 7.05. The predicted molar refractivity (Wildman–Crippen MR) is 98.2 cm³/mol. The van der Waals surface area contributed by atoms with Crippen LogP contribution in [0.5, 0.6) is 5.75 Å². The molecule has 0 heterocycles. The highest BCUT2D eigenvalue weighted by atomic mass is 16.5. The standard InChI is InChI=1S/C20H24N2O2/c1-3-15-24-19-11-9-17(10-12-19)16-22(2)14-13-20(23)21-18-7-5-4-6-8-18/h3-12H,1,13-16H2,2H3,(H,21,23). The lowest BCUT2D eigenvalue weighted by molar-refractivity contribution is -0.116. The van der Waals surface area contributed by atoms with E-state index in [0.29, 0.717) is 19.6 Å². The molecule has 2 aromatic carbocycles. The Labute approximate surface area is 143 Å². The van der Waals surface area contributed by atoms with Gasteiger partial charge in [-0.15, -0.1) is 0 Å². The largest absolute Gasteiger partial charge is 0.490 e. The lowest BCUT2D eigenvalue weighted by atomic mass is 10.2. The number of nitrogens with one attached hydrogen (secondary N) is 1. The zero-order chi connectivity index (χ0) is 17.2. The molecule has 0 unspecified atom stereocenters. The normalized spacial score (nSPS) is 10.4. The van der Waals surface area contributed by atoms with E-state index in [1.54, 1.807) is 6.08 Å². The number of ether oxygens (including phenoxy) is 1. The number of benzene rings is 2. The van der Waals surface area contributed by atoms with Gasteiger partial charge in [-0.25, -0.2) is 0 Å². The van der Waals surface area contributed by atoms with E-state index in [-0.39, 0.29) is 5.91 Å². The second-order valence-electron chi connectivity index (χ2n) is 5.65. The van der Waals surface area contributed by atoms with Gasteiger partial charge in [0.2, 0.25) is 5.91 Å². The van der Waals surface area contributed by atoms with Gasteiger partial charge in [0, 0.05) is 25.2 Å². The molecule has 0 atom stereocenters. The van der Waals surface area contributed by atoms with Crippen LogP contribution in [-0.2, 0) is 11.3 Å². The number of rotatable bonds is 9. The monoisotopic (exact) mass is 324 g/mol. The molecule has 4 nitrogen and oxygen atoms in total. The Hall–Kier alpha value is -2.59. The molecule has 2 rings (SSSR count). The molecule has 2 aromatic rings. The average molecular weight is 324 g/mol. The van der Waals surface area contributed by atoms with E-state index in [4.69, 9.17) is 4.74 Å². The molecule has 0 aliphatic heterocycles. The van der Waals surface area contributed by atoms with E-state index in [2.05, 4.69) is 16.8 Å². The minimum atomic E-state index is 0.0289. The molecule has 1 N–H and O–H groups in total. The van der Waals surface area contributed by atoms with Gasteiger partial charge in [0.1, 0.15) is 12.4 Å². The Morgan fingerprint density at radius 2 is 1.88 bits per heavy atom. The predicted octanol–water partition coefficient (Wildman–Crippen LogP) is 3.71. The Morgan fingerprint density at radius 1 is 1.17 bits per heavy atom. The van der Waals surface area contributed by atoms with E-state index in [0.717, 1.165) is 18.0 Å². The van der Waals surface area contributed by atoms with Gasteiger partial charge in [0.25, 0.3) is 0 Å². The molecular formula is C20H24N2O2. The van der Waals surface area contributed by atoms with Gasteiger partial charge in [-0.05, 0) is 36.9 Å². The molecule has 0 spiro atoms. The molecular weight excluding hydrogens is 300 g/mol. The van der Waals surface area contributed by atoms with Crippen LogP contribution in [0, 0.1) is 0 Å². The van der Waals surface area contributed by atoms with E-state index in [9.17, 15) is 4.79 Å². The van der Waals surface area contributed by atoms with Gasteiger partial charge < -0.3 is 15.0 Å². The maximum Gasteiger partial charge on any atom is 0.225 e. The molecule has 0 radical (unpaired) electrons. The molecule has 0 bridgehead atoms. The molecule has 0 fully saturated rings. The van der Waals surface area contributed by atoms with E-state index in [1.807, 2.05) is 61.6 Å². The van der Waals surface area contributed by atoms with Crippen LogP contribution in [0.25, 0.3) is 0 Å². The van der Waals surface area contributed by atoms with Gasteiger partial charge in [-0.3, -0.25) is 4.79 Å². The zero-order valence-electron chi connectivity index (χ0n) is 14.1. The summed E-state index contributed by atoms with van der Waals surface area (Å²) in [6.07, 6.45) is 2.19. The highest BCUT2D eigenvalue weighted by molar-refractivity contribution is 5.90. The first-order valence-electron chi connectivity index (χ1n) is 8.03. The van der Waals surface area contributed by atoms with Crippen LogP contribution >= 0.6 is 0 Å². The third-order valence-electron chi connectivity index (χ3n) is 3.52. The molecule has 126 valence electrons. The van der Waals surface area contributed by atoms with Gasteiger partial charge in [0.15, 0.2) is 0 Å². The number of amides is 1. The first-order chi connectivity index (χ1) is 11.7. The van der Waals surface area contributed by atoms with Gasteiger partial charge in [0.05, 0.1) is 0 Å². The number of hydrogen-bond acceptors (Lipinski definition) is 3. The summed E-state index contributed by atoms with van der Waals surface area (Å²) in [5, 5.41) is 2.90. The summed E-state index contributed by atoms with van der Waals surface area (Å²) < 4.78 is 5.47. The molecule has 0 saturated carbocycles. The van der Waals surface area contributed by atoms with Gasteiger partial charge in [-0.2, -0.15) is 0 Å². The first kappa shape index (κ1) is 17.8. The van der Waals surface area contributed by atoms with Crippen molar-refractivity contribution < 1.29 is 9.53 Å². The molecule has 4 heteroatoms. The SMILES string of the molecule is C=CCOc1ccc(CN(C)CCC(=O)Nc2ccccc2)cc1. The fourth-order valence-corrected chi connectivity index (χ4v) is 2.27. The second-order valence-corrected chi connectivity index (χ2v) is 5.65. The van der Waals surface area contributed by atoms with Crippen molar-refractivity contribution in [3.8, 4) is 5.75 Å². The first-order valence-corrected chi connectivity index (χ1v) is 8.03. The van der Waals surface area contributed by atoms with Crippen LogP contribution in [0.2, 0.25) is 0 Å². The Morgan fingerprint density at radius 3 is 2.54 bits per heavy atom. The average Bonchev–Trinajstić information content (AvgIpc) is 2.60. The molecule has 0 aliphatic carbocycles. The maximum absolute atomic E-state index is 12.0.